The first-order chi connectivity index (χ1) is 9.40. The molecule has 3 heteroatoms. The largest absolute Gasteiger partial charge is 0.298 e. The van der Waals surface area contributed by atoms with Crippen LogP contribution in [-0.2, 0) is 6.54 Å². The monoisotopic (exact) mass is 257 g/mol. The summed E-state index contributed by atoms with van der Waals surface area (Å²) in [5.41, 5.74) is 1.41. The maximum Gasteiger partial charge on any atom is 0.0271 e. The van der Waals surface area contributed by atoms with Crippen LogP contribution in [0.25, 0.3) is 0 Å². The summed E-state index contributed by atoms with van der Waals surface area (Å²) in [6.45, 7) is 5.10. The number of pyridine rings is 1. The molecule has 1 aromatic rings. The summed E-state index contributed by atoms with van der Waals surface area (Å²) in [5, 5.41) is 0. The first-order valence-corrected chi connectivity index (χ1v) is 7.77. The summed E-state index contributed by atoms with van der Waals surface area (Å²) in [4.78, 5) is 9.60. The van der Waals surface area contributed by atoms with Gasteiger partial charge >= 0.3 is 0 Å². The lowest BCUT2D eigenvalue weighted by atomic mass is 10.1. The predicted octanol–water partition coefficient (Wildman–Crippen LogP) is 2.14. The SMILES string of the molecule is c1cc(CN2CC[C@H]3[C@H]2CCN3CC2CC2)ccn1. The van der Waals surface area contributed by atoms with E-state index in [2.05, 4.69) is 26.9 Å². The molecule has 0 N–H and O–H groups in total. The van der Waals surface area contributed by atoms with Gasteiger partial charge in [0.15, 0.2) is 0 Å². The van der Waals surface area contributed by atoms with E-state index in [0.717, 1.165) is 24.5 Å². The van der Waals surface area contributed by atoms with Crippen molar-refractivity contribution >= 4 is 0 Å². The lowest BCUT2D eigenvalue weighted by Crippen LogP contribution is -2.37. The molecular weight excluding hydrogens is 234 g/mol. The Bertz CT molecular complexity index is 429. The lowest BCUT2D eigenvalue weighted by Gasteiger charge is -2.25. The van der Waals surface area contributed by atoms with Crippen LogP contribution in [0, 0.1) is 5.92 Å². The molecule has 102 valence electrons. The zero-order valence-electron chi connectivity index (χ0n) is 11.5. The van der Waals surface area contributed by atoms with E-state index in [-0.39, 0.29) is 0 Å². The Labute approximate surface area is 115 Å². The number of fused-ring (bicyclic) bond motifs is 1. The third-order valence-corrected chi connectivity index (χ3v) is 5.13. The molecule has 3 aliphatic rings. The van der Waals surface area contributed by atoms with Crippen LogP contribution in [0.15, 0.2) is 24.5 Å². The van der Waals surface area contributed by atoms with Crippen LogP contribution >= 0.6 is 0 Å². The van der Waals surface area contributed by atoms with E-state index in [0.29, 0.717) is 0 Å². The van der Waals surface area contributed by atoms with Gasteiger partial charge in [-0.2, -0.15) is 0 Å². The van der Waals surface area contributed by atoms with Crippen LogP contribution in [0.2, 0.25) is 0 Å². The number of likely N-dealkylation sites (tertiary alicyclic amines) is 2. The molecule has 0 unspecified atom stereocenters. The van der Waals surface area contributed by atoms with Gasteiger partial charge in [-0.25, -0.2) is 0 Å². The minimum atomic E-state index is 0.812. The first-order valence-electron chi connectivity index (χ1n) is 7.77. The zero-order chi connectivity index (χ0) is 12.7. The summed E-state index contributed by atoms with van der Waals surface area (Å²) in [7, 11) is 0. The quantitative estimate of drug-likeness (QED) is 0.824. The van der Waals surface area contributed by atoms with E-state index in [9.17, 15) is 0 Å². The molecule has 2 aliphatic heterocycles. The highest BCUT2D eigenvalue weighted by atomic mass is 15.3. The Balaban J connectivity index is 1.40. The van der Waals surface area contributed by atoms with Gasteiger partial charge in [-0.05, 0) is 49.3 Å². The van der Waals surface area contributed by atoms with Gasteiger partial charge in [-0.3, -0.25) is 14.8 Å². The fourth-order valence-electron chi connectivity index (χ4n) is 3.94. The fourth-order valence-corrected chi connectivity index (χ4v) is 3.94. The number of aromatic nitrogens is 1. The Morgan fingerprint density at radius 1 is 0.947 bits per heavy atom. The molecule has 3 fully saturated rings. The van der Waals surface area contributed by atoms with E-state index in [1.54, 1.807) is 0 Å². The highest BCUT2D eigenvalue weighted by molar-refractivity contribution is 5.11. The smallest absolute Gasteiger partial charge is 0.0271 e. The molecule has 19 heavy (non-hydrogen) atoms. The minimum Gasteiger partial charge on any atom is -0.298 e. The summed E-state index contributed by atoms with van der Waals surface area (Å²) in [6.07, 6.45) is 9.54. The van der Waals surface area contributed by atoms with Crippen molar-refractivity contribution in [1.29, 1.82) is 0 Å². The van der Waals surface area contributed by atoms with Gasteiger partial charge in [-0.15, -0.1) is 0 Å². The van der Waals surface area contributed by atoms with Gasteiger partial charge in [-0.1, -0.05) is 0 Å². The third kappa shape index (κ3) is 2.41. The van der Waals surface area contributed by atoms with E-state index < -0.39 is 0 Å². The minimum absolute atomic E-state index is 0.812. The first kappa shape index (κ1) is 11.9. The van der Waals surface area contributed by atoms with Gasteiger partial charge < -0.3 is 0 Å². The molecule has 0 aromatic carbocycles. The number of rotatable bonds is 4. The molecule has 3 nitrogen and oxygen atoms in total. The molecular formula is C16H23N3. The second-order valence-corrected chi connectivity index (χ2v) is 6.48. The summed E-state index contributed by atoms with van der Waals surface area (Å²) in [6, 6.07) is 5.98. The molecule has 3 heterocycles. The van der Waals surface area contributed by atoms with E-state index in [1.807, 2.05) is 12.4 Å². The van der Waals surface area contributed by atoms with Crippen molar-refractivity contribution in [1.82, 2.24) is 14.8 Å². The molecule has 2 saturated heterocycles. The predicted molar refractivity (Wildman–Crippen MR) is 75.8 cm³/mol. The summed E-state index contributed by atoms with van der Waals surface area (Å²) < 4.78 is 0. The molecule has 0 bridgehead atoms. The highest BCUT2D eigenvalue weighted by Crippen LogP contribution is 2.37. The van der Waals surface area contributed by atoms with Gasteiger partial charge in [0.1, 0.15) is 0 Å². The van der Waals surface area contributed by atoms with Crippen molar-refractivity contribution in [2.24, 2.45) is 5.92 Å². The normalized spacial score (nSPS) is 31.8. The van der Waals surface area contributed by atoms with Gasteiger partial charge in [0, 0.05) is 50.7 Å². The zero-order valence-corrected chi connectivity index (χ0v) is 11.5. The van der Waals surface area contributed by atoms with Crippen LogP contribution in [0.5, 0.6) is 0 Å². The Morgan fingerprint density at radius 2 is 1.63 bits per heavy atom. The number of hydrogen-bond donors (Lipinski definition) is 0. The average molecular weight is 257 g/mol. The van der Waals surface area contributed by atoms with E-state index in [1.165, 1.54) is 50.9 Å². The second kappa shape index (κ2) is 4.88. The standard InChI is InChI=1S/C16H23N3/c1-2-13(1)11-18-9-5-16-15(18)6-10-19(16)12-14-3-7-17-8-4-14/h3-4,7-8,13,15-16H,1-2,5-6,9-12H2/t15-,16+/m0/s1. The molecule has 1 aromatic heterocycles. The van der Waals surface area contributed by atoms with Crippen LogP contribution in [0.3, 0.4) is 0 Å². The molecule has 1 aliphatic carbocycles. The van der Waals surface area contributed by atoms with E-state index >= 15 is 0 Å². The van der Waals surface area contributed by atoms with Crippen LogP contribution in [0.4, 0.5) is 0 Å². The number of nitrogens with zero attached hydrogens (tertiary/aromatic N) is 3. The summed E-state index contributed by atoms with van der Waals surface area (Å²) >= 11 is 0. The Morgan fingerprint density at radius 3 is 2.37 bits per heavy atom. The Kier molecular flexibility index (Phi) is 3.04. The van der Waals surface area contributed by atoms with Crippen LogP contribution in [-0.4, -0.2) is 46.5 Å². The van der Waals surface area contributed by atoms with Crippen molar-refractivity contribution in [2.45, 2.75) is 44.3 Å². The molecule has 2 atom stereocenters. The van der Waals surface area contributed by atoms with E-state index in [4.69, 9.17) is 0 Å². The summed E-state index contributed by atoms with van der Waals surface area (Å²) in [5.74, 6) is 1.04. The molecule has 1 saturated carbocycles. The maximum atomic E-state index is 4.11. The highest BCUT2D eigenvalue weighted by Gasteiger charge is 2.43. The second-order valence-electron chi connectivity index (χ2n) is 6.48. The third-order valence-electron chi connectivity index (χ3n) is 5.13. The van der Waals surface area contributed by atoms with Crippen molar-refractivity contribution in [3.63, 3.8) is 0 Å². The van der Waals surface area contributed by atoms with Crippen LogP contribution < -0.4 is 0 Å². The lowest BCUT2D eigenvalue weighted by molar-refractivity contribution is 0.212. The maximum absolute atomic E-state index is 4.11. The molecule has 4 rings (SSSR count). The average Bonchev–Trinajstić information content (AvgIpc) is 3.03. The molecule has 0 amide bonds. The fraction of sp³-hybridized carbons (Fsp3) is 0.688. The van der Waals surface area contributed by atoms with Crippen molar-refractivity contribution in [3.8, 4) is 0 Å². The topological polar surface area (TPSA) is 19.4 Å². The Hall–Kier alpha value is -0.930. The van der Waals surface area contributed by atoms with Crippen LogP contribution in [0.1, 0.15) is 31.2 Å². The van der Waals surface area contributed by atoms with Gasteiger partial charge in [0.05, 0.1) is 0 Å². The molecule has 0 radical (unpaired) electrons. The van der Waals surface area contributed by atoms with Gasteiger partial charge in [0.25, 0.3) is 0 Å². The number of hydrogen-bond acceptors (Lipinski definition) is 3. The van der Waals surface area contributed by atoms with Gasteiger partial charge in [0.2, 0.25) is 0 Å². The van der Waals surface area contributed by atoms with Crippen molar-refractivity contribution in [2.75, 3.05) is 19.6 Å². The van der Waals surface area contributed by atoms with Crippen molar-refractivity contribution < 1.29 is 0 Å². The van der Waals surface area contributed by atoms with Crippen molar-refractivity contribution in [3.05, 3.63) is 30.1 Å². The molecule has 0 spiro atoms.